The third-order valence-electron chi connectivity index (χ3n) is 3.82. The van der Waals surface area contributed by atoms with Crippen LogP contribution in [0.3, 0.4) is 0 Å². The fraction of sp³-hybridized carbons (Fsp3) is 0.500. The number of rotatable bonds is 3. The van der Waals surface area contributed by atoms with Crippen molar-refractivity contribution in [1.82, 2.24) is 10.2 Å². The van der Waals surface area contributed by atoms with E-state index >= 15 is 0 Å². The number of aromatic hydroxyl groups is 1. The van der Waals surface area contributed by atoms with Crippen molar-refractivity contribution < 1.29 is 9.90 Å². The molecule has 1 aromatic rings. The van der Waals surface area contributed by atoms with Crippen molar-refractivity contribution in [2.45, 2.75) is 31.3 Å². The topological polar surface area (TPSA) is 52.6 Å². The predicted molar refractivity (Wildman–Crippen MR) is 76.3 cm³/mol. The fourth-order valence-electron chi connectivity index (χ4n) is 2.64. The molecule has 1 atom stereocenters. The zero-order chi connectivity index (χ0) is 13.4. The molecule has 0 spiro atoms. The number of hydrogen-bond donors (Lipinski definition) is 2. The van der Waals surface area contributed by atoms with Crippen LogP contribution in [0.25, 0.3) is 0 Å². The van der Waals surface area contributed by atoms with Gasteiger partial charge in [0.1, 0.15) is 5.75 Å². The minimum absolute atomic E-state index is 0.0175. The molecule has 0 aromatic heterocycles. The molecule has 0 radical (unpaired) electrons. The Labute approximate surface area is 120 Å². The fourth-order valence-corrected chi connectivity index (χ4v) is 2.99. The van der Waals surface area contributed by atoms with Gasteiger partial charge in [-0.25, -0.2) is 0 Å². The van der Waals surface area contributed by atoms with Crippen LogP contribution in [0.15, 0.2) is 22.7 Å². The zero-order valence-corrected chi connectivity index (χ0v) is 12.2. The number of hydrogen-bond acceptors (Lipinski definition) is 3. The summed E-state index contributed by atoms with van der Waals surface area (Å²) in [5, 5.41) is 12.8. The number of carbonyl (C=O) groups excluding carboxylic acids is 1. The number of amides is 1. The monoisotopic (exact) mass is 324 g/mol. The molecule has 1 unspecified atom stereocenters. The Balaban J connectivity index is 1.61. The maximum Gasteiger partial charge on any atom is 0.255 e. The summed E-state index contributed by atoms with van der Waals surface area (Å²) in [4.78, 5) is 14.6. The van der Waals surface area contributed by atoms with Crippen molar-refractivity contribution >= 4 is 21.8 Å². The van der Waals surface area contributed by atoms with Crippen LogP contribution in [0.4, 0.5) is 0 Å². The number of benzene rings is 1. The Kier molecular flexibility index (Phi) is 3.50. The van der Waals surface area contributed by atoms with Crippen LogP contribution in [-0.4, -0.2) is 41.1 Å². The molecule has 1 aromatic carbocycles. The highest BCUT2D eigenvalue weighted by atomic mass is 79.9. The van der Waals surface area contributed by atoms with Crippen LogP contribution >= 0.6 is 15.9 Å². The average molecular weight is 325 g/mol. The molecule has 19 heavy (non-hydrogen) atoms. The maximum atomic E-state index is 12.1. The second-order valence-electron chi connectivity index (χ2n) is 5.35. The number of likely N-dealkylation sites (tertiary alicyclic amines) is 1. The van der Waals surface area contributed by atoms with E-state index in [0.717, 1.165) is 30.0 Å². The van der Waals surface area contributed by atoms with Crippen molar-refractivity contribution in [2.75, 3.05) is 13.1 Å². The molecule has 2 fully saturated rings. The van der Waals surface area contributed by atoms with Crippen LogP contribution < -0.4 is 5.32 Å². The molecule has 102 valence electrons. The average Bonchev–Trinajstić information content (AvgIpc) is 3.10. The zero-order valence-electron chi connectivity index (χ0n) is 10.6. The Bertz CT molecular complexity index is 502. The molecule has 4 nitrogen and oxygen atoms in total. The smallest absolute Gasteiger partial charge is 0.255 e. The van der Waals surface area contributed by atoms with Gasteiger partial charge in [-0.05, 0) is 37.5 Å². The summed E-state index contributed by atoms with van der Waals surface area (Å²) in [6, 6.07) is 5.90. The third kappa shape index (κ3) is 2.92. The lowest BCUT2D eigenvalue weighted by Crippen LogP contribution is -2.37. The van der Waals surface area contributed by atoms with Gasteiger partial charge in [-0.1, -0.05) is 15.9 Å². The lowest BCUT2D eigenvalue weighted by atomic mass is 10.1. The highest BCUT2D eigenvalue weighted by Crippen LogP contribution is 2.30. The van der Waals surface area contributed by atoms with Gasteiger partial charge < -0.3 is 10.4 Å². The molecule has 1 aliphatic heterocycles. The molecule has 1 aliphatic carbocycles. The van der Waals surface area contributed by atoms with E-state index in [2.05, 4.69) is 26.1 Å². The molecule has 1 amide bonds. The molecule has 2 N–H and O–H groups in total. The van der Waals surface area contributed by atoms with Crippen molar-refractivity contribution in [2.24, 2.45) is 0 Å². The first-order valence-corrected chi connectivity index (χ1v) is 7.46. The lowest BCUT2D eigenvalue weighted by molar-refractivity contribution is 0.0935. The van der Waals surface area contributed by atoms with E-state index in [-0.39, 0.29) is 17.7 Å². The number of nitrogens with zero attached hydrogens (tertiary/aromatic N) is 1. The van der Waals surface area contributed by atoms with Gasteiger partial charge in [-0.15, -0.1) is 0 Å². The first-order valence-electron chi connectivity index (χ1n) is 6.67. The van der Waals surface area contributed by atoms with Crippen LogP contribution in [0.1, 0.15) is 29.6 Å². The van der Waals surface area contributed by atoms with Crippen LogP contribution in [0.2, 0.25) is 0 Å². The second kappa shape index (κ2) is 5.13. The van der Waals surface area contributed by atoms with E-state index in [1.807, 2.05) is 0 Å². The number of nitrogens with one attached hydrogen (secondary N) is 1. The summed E-state index contributed by atoms with van der Waals surface area (Å²) >= 11 is 3.27. The largest absolute Gasteiger partial charge is 0.507 e. The Morgan fingerprint density at radius 3 is 2.84 bits per heavy atom. The normalized spacial score (nSPS) is 23.5. The maximum absolute atomic E-state index is 12.1. The van der Waals surface area contributed by atoms with Crippen LogP contribution in [0, 0.1) is 0 Å². The molecular weight excluding hydrogens is 308 g/mol. The number of phenolic OH excluding ortho intramolecular Hbond substituents is 1. The molecule has 1 saturated heterocycles. The standard InChI is InChI=1S/C14H17BrN2O2/c15-9-1-4-12(13(18)7-9)14(19)16-10-5-6-17(8-10)11-2-3-11/h1,4,7,10-11,18H,2-3,5-6,8H2,(H,16,19). The first-order chi connectivity index (χ1) is 9.13. The van der Waals surface area contributed by atoms with Gasteiger partial charge >= 0.3 is 0 Å². The summed E-state index contributed by atoms with van der Waals surface area (Å²) in [6.07, 6.45) is 3.60. The number of phenols is 1. The van der Waals surface area contributed by atoms with Crippen molar-refractivity contribution in [1.29, 1.82) is 0 Å². The van der Waals surface area contributed by atoms with Crippen LogP contribution in [0.5, 0.6) is 5.75 Å². The molecule has 0 bridgehead atoms. The summed E-state index contributed by atoms with van der Waals surface area (Å²) in [5.74, 6) is -0.170. The first kappa shape index (κ1) is 12.9. The molecular formula is C14H17BrN2O2. The third-order valence-corrected chi connectivity index (χ3v) is 4.32. The van der Waals surface area contributed by atoms with E-state index < -0.39 is 0 Å². The minimum Gasteiger partial charge on any atom is -0.507 e. The van der Waals surface area contributed by atoms with Gasteiger partial charge in [0.2, 0.25) is 0 Å². The highest BCUT2D eigenvalue weighted by molar-refractivity contribution is 9.10. The molecule has 3 rings (SSSR count). The molecule has 2 aliphatic rings. The Morgan fingerprint density at radius 1 is 1.37 bits per heavy atom. The summed E-state index contributed by atoms with van der Waals surface area (Å²) < 4.78 is 0.766. The summed E-state index contributed by atoms with van der Waals surface area (Å²) in [6.45, 7) is 2.01. The summed E-state index contributed by atoms with van der Waals surface area (Å²) in [5.41, 5.74) is 0.341. The van der Waals surface area contributed by atoms with Gasteiger partial charge in [0, 0.05) is 29.6 Å². The quantitative estimate of drug-likeness (QED) is 0.895. The van der Waals surface area contributed by atoms with E-state index in [0.29, 0.717) is 5.56 Å². The van der Waals surface area contributed by atoms with Gasteiger partial charge in [0.25, 0.3) is 5.91 Å². The molecule has 1 saturated carbocycles. The number of carbonyl (C=O) groups is 1. The van der Waals surface area contributed by atoms with Crippen molar-refractivity contribution in [3.63, 3.8) is 0 Å². The molecule has 1 heterocycles. The summed E-state index contributed by atoms with van der Waals surface area (Å²) in [7, 11) is 0. The Hall–Kier alpha value is -1.07. The molecule has 5 heteroatoms. The van der Waals surface area contributed by atoms with Gasteiger partial charge in [0.05, 0.1) is 5.56 Å². The van der Waals surface area contributed by atoms with Gasteiger partial charge in [0.15, 0.2) is 0 Å². The van der Waals surface area contributed by atoms with E-state index in [9.17, 15) is 9.90 Å². The van der Waals surface area contributed by atoms with Crippen molar-refractivity contribution in [3.05, 3.63) is 28.2 Å². The van der Waals surface area contributed by atoms with E-state index in [1.165, 1.54) is 12.8 Å². The lowest BCUT2D eigenvalue weighted by Gasteiger charge is -2.16. The predicted octanol–water partition coefficient (Wildman–Crippen LogP) is 2.12. The van der Waals surface area contributed by atoms with Gasteiger partial charge in [-0.2, -0.15) is 0 Å². The van der Waals surface area contributed by atoms with Crippen molar-refractivity contribution in [3.8, 4) is 5.75 Å². The number of halogens is 1. The Morgan fingerprint density at radius 2 is 2.16 bits per heavy atom. The van der Waals surface area contributed by atoms with Gasteiger partial charge in [-0.3, -0.25) is 9.69 Å². The SMILES string of the molecule is O=C(NC1CCN(C2CC2)C1)c1ccc(Br)cc1O. The highest BCUT2D eigenvalue weighted by Gasteiger charge is 2.34. The van der Waals surface area contributed by atoms with E-state index in [4.69, 9.17) is 0 Å². The second-order valence-corrected chi connectivity index (χ2v) is 6.26. The van der Waals surface area contributed by atoms with E-state index in [1.54, 1.807) is 18.2 Å². The van der Waals surface area contributed by atoms with Crippen LogP contribution in [-0.2, 0) is 0 Å². The minimum atomic E-state index is -0.187.